The molecular formula is C15H25N3O3. The van der Waals surface area contributed by atoms with Gasteiger partial charge < -0.3 is 20.9 Å². The van der Waals surface area contributed by atoms with E-state index >= 15 is 0 Å². The van der Waals surface area contributed by atoms with Crippen LogP contribution in [-0.4, -0.2) is 35.3 Å². The fraction of sp³-hybridized carbons (Fsp3) is 0.600. The highest BCUT2D eigenvalue weighted by Gasteiger charge is 2.31. The van der Waals surface area contributed by atoms with Crippen molar-refractivity contribution < 1.29 is 14.6 Å². The average molecular weight is 295 g/mol. The van der Waals surface area contributed by atoms with Gasteiger partial charge in [-0.25, -0.2) is 4.98 Å². The first-order chi connectivity index (χ1) is 9.77. The molecule has 0 unspecified atom stereocenters. The highest BCUT2D eigenvalue weighted by Crippen LogP contribution is 2.29. The Hall–Kier alpha value is -1.66. The van der Waals surface area contributed by atoms with Crippen LogP contribution >= 0.6 is 0 Å². The molecule has 4 N–H and O–H groups in total. The number of nitrogens with zero attached hydrogens (tertiary/aromatic N) is 1. The van der Waals surface area contributed by atoms with Gasteiger partial charge in [-0.3, -0.25) is 4.79 Å². The van der Waals surface area contributed by atoms with Crippen molar-refractivity contribution >= 4 is 12.3 Å². The summed E-state index contributed by atoms with van der Waals surface area (Å²) in [5, 5.41) is 13.5. The summed E-state index contributed by atoms with van der Waals surface area (Å²) in [6.07, 6.45) is 3.14. The monoisotopic (exact) mass is 295 g/mol. The van der Waals surface area contributed by atoms with Crippen molar-refractivity contribution in [3.63, 3.8) is 0 Å². The van der Waals surface area contributed by atoms with Crippen LogP contribution in [0.1, 0.15) is 39.2 Å². The lowest BCUT2D eigenvalue weighted by Crippen LogP contribution is -2.39. The molecular weight excluding hydrogens is 270 g/mol. The molecule has 0 amide bonds. The smallest absolute Gasteiger partial charge is 0.293 e. The summed E-state index contributed by atoms with van der Waals surface area (Å²) in [6, 6.07) is 3.59. The van der Waals surface area contributed by atoms with E-state index in [1.54, 1.807) is 12.3 Å². The van der Waals surface area contributed by atoms with Gasteiger partial charge >= 0.3 is 0 Å². The number of piperidine rings is 1. The SMILES string of the molecule is CC(C)(C)OC=O.Nc1ccc(C2(O)CCNCC2)cn1. The third-order valence-corrected chi connectivity index (χ3v) is 3.16. The highest BCUT2D eigenvalue weighted by molar-refractivity contribution is 5.37. The van der Waals surface area contributed by atoms with Crippen LogP contribution in [0.2, 0.25) is 0 Å². The number of aliphatic hydroxyl groups is 1. The number of ether oxygens (including phenoxy) is 1. The molecule has 1 aromatic rings. The average Bonchev–Trinajstić information content (AvgIpc) is 2.39. The number of carbonyl (C=O) groups excluding carboxylic acids is 1. The molecule has 0 atom stereocenters. The second-order valence-electron chi connectivity index (χ2n) is 6.08. The zero-order valence-corrected chi connectivity index (χ0v) is 12.9. The van der Waals surface area contributed by atoms with E-state index in [9.17, 15) is 9.90 Å². The molecule has 6 nitrogen and oxygen atoms in total. The molecule has 6 heteroatoms. The molecule has 2 rings (SSSR count). The summed E-state index contributed by atoms with van der Waals surface area (Å²) < 4.78 is 4.55. The maximum Gasteiger partial charge on any atom is 0.293 e. The minimum Gasteiger partial charge on any atom is -0.462 e. The largest absolute Gasteiger partial charge is 0.462 e. The molecule has 0 bridgehead atoms. The van der Waals surface area contributed by atoms with Gasteiger partial charge in [0.15, 0.2) is 0 Å². The second kappa shape index (κ2) is 7.38. The minimum absolute atomic E-state index is 0.318. The standard InChI is InChI=1S/C10H15N3O.C5H10O2/c11-9-2-1-8(7-13-9)10(14)3-5-12-6-4-10;1-5(2,3)7-4-6/h1-2,7,12,14H,3-6H2,(H2,11,13);4H,1-3H3. The summed E-state index contributed by atoms with van der Waals surface area (Å²) in [5.41, 5.74) is 5.33. The van der Waals surface area contributed by atoms with E-state index in [0.29, 0.717) is 12.3 Å². The molecule has 0 aliphatic carbocycles. The van der Waals surface area contributed by atoms with Crippen molar-refractivity contribution in [3.8, 4) is 0 Å². The number of nitrogens with one attached hydrogen (secondary N) is 1. The van der Waals surface area contributed by atoms with Crippen LogP contribution in [-0.2, 0) is 15.1 Å². The van der Waals surface area contributed by atoms with Crippen LogP contribution in [0, 0.1) is 0 Å². The van der Waals surface area contributed by atoms with Crippen LogP contribution in [0.4, 0.5) is 5.82 Å². The molecule has 1 aliphatic rings. The Morgan fingerprint density at radius 2 is 2.00 bits per heavy atom. The van der Waals surface area contributed by atoms with Gasteiger partial charge in [-0.1, -0.05) is 6.07 Å². The van der Waals surface area contributed by atoms with E-state index < -0.39 is 5.60 Å². The number of hydrogen-bond donors (Lipinski definition) is 3. The summed E-state index contributed by atoms with van der Waals surface area (Å²) in [4.78, 5) is 13.6. The van der Waals surface area contributed by atoms with E-state index in [1.165, 1.54) is 0 Å². The molecule has 1 aliphatic heterocycles. The number of anilines is 1. The second-order valence-corrected chi connectivity index (χ2v) is 6.08. The van der Waals surface area contributed by atoms with E-state index in [0.717, 1.165) is 31.5 Å². The number of pyridine rings is 1. The van der Waals surface area contributed by atoms with Gasteiger partial charge in [-0.2, -0.15) is 0 Å². The van der Waals surface area contributed by atoms with E-state index in [1.807, 2.05) is 26.8 Å². The first kappa shape index (κ1) is 17.4. The lowest BCUT2D eigenvalue weighted by Gasteiger charge is -2.32. The fourth-order valence-corrected chi connectivity index (χ4v) is 1.95. The number of nitrogen functional groups attached to an aromatic ring is 1. The predicted molar refractivity (Wildman–Crippen MR) is 81.6 cm³/mol. The number of nitrogens with two attached hydrogens (primary N) is 1. The van der Waals surface area contributed by atoms with Gasteiger partial charge in [0.25, 0.3) is 6.47 Å². The van der Waals surface area contributed by atoms with Gasteiger partial charge in [0.1, 0.15) is 11.4 Å². The first-order valence-corrected chi connectivity index (χ1v) is 7.03. The highest BCUT2D eigenvalue weighted by atomic mass is 16.5. The van der Waals surface area contributed by atoms with Crippen LogP contribution < -0.4 is 11.1 Å². The van der Waals surface area contributed by atoms with Crippen molar-refractivity contribution in [1.82, 2.24) is 10.3 Å². The molecule has 21 heavy (non-hydrogen) atoms. The van der Waals surface area contributed by atoms with E-state index in [-0.39, 0.29) is 5.60 Å². The van der Waals surface area contributed by atoms with Gasteiger partial charge in [0, 0.05) is 11.8 Å². The topological polar surface area (TPSA) is 97.5 Å². The van der Waals surface area contributed by atoms with Crippen molar-refractivity contribution in [3.05, 3.63) is 23.9 Å². The molecule has 118 valence electrons. The van der Waals surface area contributed by atoms with Crippen LogP contribution in [0.3, 0.4) is 0 Å². The zero-order valence-electron chi connectivity index (χ0n) is 12.9. The van der Waals surface area contributed by atoms with Crippen molar-refractivity contribution in [2.24, 2.45) is 0 Å². The van der Waals surface area contributed by atoms with Gasteiger partial charge in [0.2, 0.25) is 0 Å². The molecule has 1 aromatic heterocycles. The molecule has 0 spiro atoms. The minimum atomic E-state index is -0.716. The Morgan fingerprint density at radius 1 is 1.38 bits per heavy atom. The Labute approximate surface area is 125 Å². The summed E-state index contributed by atoms with van der Waals surface area (Å²) in [6.45, 7) is 7.62. The maximum absolute atomic E-state index is 10.3. The maximum atomic E-state index is 10.3. The third kappa shape index (κ3) is 6.10. The van der Waals surface area contributed by atoms with Crippen LogP contribution in [0.25, 0.3) is 0 Å². The number of hydrogen-bond acceptors (Lipinski definition) is 6. The third-order valence-electron chi connectivity index (χ3n) is 3.16. The molecule has 2 heterocycles. The first-order valence-electron chi connectivity index (χ1n) is 7.03. The lowest BCUT2D eigenvalue weighted by atomic mass is 9.86. The van der Waals surface area contributed by atoms with Crippen molar-refractivity contribution in [1.29, 1.82) is 0 Å². The van der Waals surface area contributed by atoms with E-state index in [2.05, 4.69) is 15.0 Å². The quantitative estimate of drug-likeness (QED) is 0.709. The zero-order chi connectivity index (χ0) is 15.9. The molecule has 0 saturated carbocycles. The number of carbonyl (C=O) groups is 1. The molecule has 1 saturated heterocycles. The number of aromatic nitrogens is 1. The Balaban J connectivity index is 0.000000270. The Morgan fingerprint density at radius 3 is 2.38 bits per heavy atom. The van der Waals surface area contributed by atoms with Crippen LogP contribution in [0.15, 0.2) is 18.3 Å². The summed E-state index contributed by atoms with van der Waals surface area (Å²) in [7, 11) is 0. The predicted octanol–water partition coefficient (Wildman–Crippen LogP) is 1.19. The molecule has 1 fully saturated rings. The Kier molecular flexibility index (Phi) is 6.11. The number of rotatable bonds is 2. The normalized spacial score (nSPS) is 17.3. The fourth-order valence-electron chi connectivity index (χ4n) is 1.95. The molecule has 0 radical (unpaired) electrons. The molecule has 0 aromatic carbocycles. The van der Waals surface area contributed by atoms with E-state index in [4.69, 9.17) is 5.73 Å². The van der Waals surface area contributed by atoms with Gasteiger partial charge in [-0.15, -0.1) is 0 Å². The lowest BCUT2D eigenvalue weighted by molar-refractivity contribution is -0.138. The summed E-state index contributed by atoms with van der Waals surface area (Å²) in [5.74, 6) is 0.492. The van der Waals surface area contributed by atoms with Crippen LogP contribution in [0.5, 0.6) is 0 Å². The van der Waals surface area contributed by atoms with Crippen molar-refractivity contribution in [2.75, 3.05) is 18.8 Å². The van der Waals surface area contributed by atoms with Gasteiger partial charge in [-0.05, 0) is 52.8 Å². The Bertz CT molecular complexity index is 434. The van der Waals surface area contributed by atoms with Gasteiger partial charge in [0.05, 0.1) is 5.60 Å². The van der Waals surface area contributed by atoms with Crippen molar-refractivity contribution in [2.45, 2.75) is 44.8 Å². The summed E-state index contributed by atoms with van der Waals surface area (Å²) >= 11 is 0.